The maximum atomic E-state index is 10.4. The average Bonchev–Trinajstić information content (AvgIpc) is 1.64. The van der Waals surface area contributed by atoms with Crippen LogP contribution >= 0.6 is 0 Å². The van der Waals surface area contributed by atoms with Gasteiger partial charge in [0.2, 0.25) is 0 Å². The molecule has 0 aliphatic heterocycles. The van der Waals surface area contributed by atoms with Crippen LogP contribution in [0, 0.1) is 0 Å². The fourth-order valence-electron chi connectivity index (χ4n) is 0.179. The van der Waals surface area contributed by atoms with Crippen LogP contribution in [0.15, 0.2) is 0 Å². The molecule has 0 bridgehead atoms. The van der Waals surface area contributed by atoms with Gasteiger partial charge in [0.15, 0.2) is 15.3 Å². The lowest BCUT2D eigenvalue weighted by atomic mass is 10.9. The molecule has 0 amide bonds. The highest BCUT2D eigenvalue weighted by molar-refractivity contribution is 7.91. The molecule has 0 aliphatic carbocycles. The Morgan fingerprint density at radius 2 is 2.00 bits per heavy atom. The molecule has 0 aromatic rings. The molecule has 0 unspecified atom stereocenters. The second kappa shape index (κ2) is 2.82. The van der Waals surface area contributed by atoms with Gasteiger partial charge in [0.05, 0.1) is 0 Å². The second-order valence-corrected chi connectivity index (χ2v) is 3.95. The van der Waals surface area contributed by atoms with E-state index in [4.69, 9.17) is 0 Å². The minimum absolute atomic E-state index is 0.117. The molecule has 54 valence electrons. The van der Waals surface area contributed by atoms with E-state index in [1.807, 2.05) is 0 Å². The molecule has 0 heterocycles. The van der Waals surface area contributed by atoms with E-state index in [9.17, 15) is 13.2 Å². The van der Waals surface area contributed by atoms with Crippen molar-refractivity contribution < 1.29 is 17.9 Å². The van der Waals surface area contributed by atoms with Gasteiger partial charge in [0, 0.05) is 6.26 Å². The van der Waals surface area contributed by atoms with Crippen molar-refractivity contribution in [1.82, 2.24) is 0 Å². The Hall–Kier alpha value is -0.580. The smallest absolute Gasteiger partial charge is 0.294 e. The quantitative estimate of drug-likeness (QED) is 0.514. The van der Waals surface area contributed by atoms with Crippen LogP contribution in [-0.2, 0) is 19.4 Å². The third-order valence-electron chi connectivity index (χ3n) is 0.850. The van der Waals surface area contributed by atoms with Gasteiger partial charge in [-0.25, -0.2) is 8.42 Å². The van der Waals surface area contributed by atoms with Crippen LogP contribution < -0.4 is 0 Å². The van der Waals surface area contributed by atoms with E-state index in [0.717, 1.165) is 6.26 Å². The van der Waals surface area contributed by atoms with Crippen molar-refractivity contribution in [2.45, 2.75) is 12.4 Å². The number of carbonyl (C=O) groups is 1. The lowest BCUT2D eigenvalue weighted by Crippen LogP contribution is -2.18. The van der Waals surface area contributed by atoms with Gasteiger partial charge in [-0.1, -0.05) is 0 Å². The number of hydrogen-bond acceptors (Lipinski definition) is 4. The van der Waals surface area contributed by atoms with Crippen molar-refractivity contribution in [1.29, 1.82) is 0 Å². The number of hydrogen-bond donors (Lipinski definition) is 0. The summed E-state index contributed by atoms with van der Waals surface area (Å²) in [5.74, 6) is 0. The lowest BCUT2D eigenvalue weighted by molar-refractivity contribution is -0.129. The van der Waals surface area contributed by atoms with Gasteiger partial charge >= 0.3 is 0 Å². The van der Waals surface area contributed by atoms with E-state index in [-0.39, 0.29) is 6.47 Å². The third-order valence-corrected chi connectivity index (χ3v) is 2.17. The van der Waals surface area contributed by atoms with Crippen molar-refractivity contribution in [2.24, 2.45) is 0 Å². The first-order valence-electron chi connectivity index (χ1n) is 2.26. The second-order valence-electron chi connectivity index (χ2n) is 1.63. The molecular formula is C4H8O4S. The first-order chi connectivity index (χ1) is 3.98. The van der Waals surface area contributed by atoms with Crippen molar-refractivity contribution >= 4 is 16.3 Å². The average molecular weight is 152 g/mol. The van der Waals surface area contributed by atoms with Gasteiger partial charge in [0.1, 0.15) is 0 Å². The highest BCUT2D eigenvalue weighted by Gasteiger charge is 2.13. The van der Waals surface area contributed by atoms with Crippen molar-refractivity contribution in [3.63, 3.8) is 0 Å². The standard InChI is InChI=1S/C4H8O4S/c1-4(8-3-5)9(2,6)7/h3-4H,1-2H3/t4-/m0/s1. The van der Waals surface area contributed by atoms with Crippen LogP contribution in [0.2, 0.25) is 0 Å². The molecule has 1 atom stereocenters. The Balaban J connectivity index is 4.05. The fourth-order valence-corrected chi connectivity index (χ4v) is 0.426. The summed E-state index contributed by atoms with van der Waals surface area (Å²) in [5.41, 5.74) is -1.03. The van der Waals surface area contributed by atoms with E-state index in [1.165, 1.54) is 6.92 Å². The molecule has 0 aromatic carbocycles. The zero-order valence-corrected chi connectivity index (χ0v) is 6.01. The summed E-state index contributed by atoms with van der Waals surface area (Å²) in [4.78, 5) is 9.58. The molecule has 9 heavy (non-hydrogen) atoms. The minimum atomic E-state index is -3.22. The van der Waals surface area contributed by atoms with E-state index in [0.29, 0.717) is 0 Å². The Kier molecular flexibility index (Phi) is 2.64. The predicted octanol–water partition coefficient (Wildman–Crippen LogP) is -0.450. The van der Waals surface area contributed by atoms with Gasteiger partial charge in [-0.15, -0.1) is 0 Å². The fraction of sp³-hybridized carbons (Fsp3) is 0.750. The van der Waals surface area contributed by atoms with E-state index in [2.05, 4.69) is 4.74 Å². The highest BCUT2D eigenvalue weighted by Crippen LogP contribution is 1.96. The predicted molar refractivity (Wildman–Crippen MR) is 31.5 cm³/mol. The first kappa shape index (κ1) is 8.42. The zero-order chi connectivity index (χ0) is 7.49. The zero-order valence-electron chi connectivity index (χ0n) is 5.20. The van der Waals surface area contributed by atoms with Crippen LogP contribution in [0.1, 0.15) is 6.92 Å². The number of sulfone groups is 1. The summed E-state index contributed by atoms with van der Waals surface area (Å²) in [6, 6.07) is 0. The summed E-state index contributed by atoms with van der Waals surface area (Å²) in [6.07, 6.45) is 1.00. The molecule has 0 saturated heterocycles. The molecule has 0 rings (SSSR count). The number of carbonyl (C=O) groups excluding carboxylic acids is 1. The normalized spacial score (nSPS) is 14.4. The Morgan fingerprint density at radius 1 is 1.56 bits per heavy atom. The van der Waals surface area contributed by atoms with Crippen LogP contribution in [0.3, 0.4) is 0 Å². The number of rotatable bonds is 3. The molecule has 0 aliphatic rings. The molecule has 5 heteroatoms. The van der Waals surface area contributed by atoms with Crippen molar-refractivity contribution in [3.8, 4) is 0 Å². The first-order valence-corrected chi connectivity index (χ1v) is 4.22. The monoisotopic (exact) mass is 152 g/mol. The highest BCUT2D eigenvalue weighted by atomic mass is 32.2. The van der Waals surface area contributed by atoms with Gasteiger partial charge in [0.25, 0.3) is 6.47 Å². The lowest BCUT2D eigenvalue weighted by Gasteiger charge is -2.04. The summed E-state index contributed by atoms with van der Waals surface area (Å²) >= 11 is 0. The Bertz CT molecular complexity index is 181. The van der Waals surface area contributed by atoms with Gasteiger partial charge in [-0.05, 0) is 6.92 Å². The number of ether oxygens (including phenoxy) is 1. The van der Waals surface area contributed by atoms with Crippen molar-refractivity contribution in [2.75, 3.05) is 6.26 Å². The Morgan fingerprint density at radius 3 is 2.11 bits per heavy atom. The molecule has 4 nitrogen and oxygen atoms in total. The van der Waals surface area contributed by atoms with Crippen LogP contribution in [-0.4, -0.2) is 26.6 Å². The van der Waals surface area contributed by atoms with Crippen LogP contribution in [0.5, 0.6) is 0 Å². The maximum Gasteiger partial charge on any atom is 0.294 e. The summed E-state index contributed by atoms with van der Waals surface area (Å²) in [5, 5.41) is 0. The maximum absolute atomic E-state index is 10.4. The molecule has 0 fully saturated rings. The molecule has 0 N–H and O–H groups in total. The van der Waals surface area contributed by atoms with Crippen LogP contribution in [0.25, 0.3) is 0 Å². The van der Waals surface area contributed by atoms with Gasteiger partial charge < -0.3 is 4.74 Å². The van der Waals surface area contributed by atoms with Crippen LogP contribution in [0.4, 0.5) is 0 Å². The Labute approximate surface area is 53.7 Å². The summed E-state index contributed by atoms with van der Waals surface area (Å²) in [7, 11) is -3.22. The largest absolute Gasteiger partial charge is 0.448 e. The molecule has 0 radical (unpaired) electrons. The van der Waals surface area contributed by atoms with Gasteiger partial charge in [-0.2, -0.15) is 0 Å². The molecule has 0 spiro atoms. The minimum Gasteiger partial charge on any atom is -0.448 e. The van der Waals surface area contributed by atoms with Crippen molar-refractivity contribution in [3.05, 3.63) is 0 Å². The van der Waals surface area contributed by atoms with Gasteiger partial charge in [-0.3, -0.25) is 4.79 Å². The summed E-state index contributed by atoms with van der Waals surface area (Å²) < 4.78 is 25.0. The van der Waals surface area contributed by atoms with E-state index < -0.39 is 15.3 Å². The topological polar surface area (TPSA) is 60.4 Å². The molecular weight excluding hydrogens is 144 g/mol. The molecule has 0 saturated carbocycles. The van der Waals surface area contributed by atoms with E-state index >= 15 is 0 Å². The SMILES string of the molecule is C[C@@H](OC=O)S(C)(=O)=O. The third kappa shape index (κ3) is 3.07. The summed E-state index contributed by atoms with van der Waals surface area (Å²) in [6.45, 7) is 1.41. The molecule has 0 aromatic heterocycles. The van der Waals surface area contributed by atoms with E-state index in [1.54, 1.807) is 0 Å².